The van der Waals surface area contributed by atoms with Crippen LogP contribution < -0.4 is 4.67 Å². The molecule has 1 unspecified atom stereocenters. The average molecular weight is 540 g/mol. The molecule has 7 rings (SSSR count). The first kappa shape index (κ1) is 24.7. The van der Waals surface area contributed by atoms with Crippen molar-refractivity contribution < 1.29 is 8.39 Å². The Morgan fingerprint density at radius 2 is 0.875 bits per heavy atom. The Morgan fingerprint density at radius 1 is 0.475 bits per heavy atom. The Hall–Kier alpha value is -4.30. The maximum atomic E-state index is 7.01. The second-order valence-corrected chi connectivity index (χ2v) is 11.6. The van der Waals surface area contributed by atoms with Gasteiger partial charge < -0.3 is 8.39 Å². The third-order valence-corrected chi connectivity index (χ3v) is 9.71. The maximum absolute atomic E-state index is 7.01. The summed E-state index contributed by atoms with van der Waals surface area (Å²) >= 11 is 0. The molecule has 2 atom stereocenters. The number of benzene rings is 6. The fraction of sp³-hybridized carbons (Fsp3) is 0.111. The Balaban J connectivity index is 1.60. The summed E-state index contributed by atoms with van der Waals surface area (Å²) < 4.78 is 16.4. The van der Waals surface area contributed by atoms with Gasteiger partial charge in [-0.25, -0.2) is 0 Å². The van der Waals surface area contributed by atoms with E-state index in [0.717, 1.165) is 32.7 Å². The van der Waals surface area contributed by atoms with Gasteiger partial charge in [0.15, 0.2) is 0 Å². The summed E-state index contributed by atoms with van der Waals surface area (Å²) in [5.41, 5.74) is 4.15. The van der Waals surface area contributed by atoms with Crippen LogP contribution in [0.1, 0.15) is 37.1 Å². The van der Waals surface area contributed by atoms with E-state index in [1.807, 2.05) is 0 Å². The van der Waals surface area contributed by atoms with Crippen LogP contribution in [0.2, 0.25) is 0 Å². The van der Waals surface area contributed by atoms with E-state index in [1.54, 1.807) is 0 Å². The number of rotatable bonds is 5. The molecule has 1 aromatic heterocycles. The van der Waals surface area contributed by atoms with Crippen LogP contribution in [-0.2, 0) is 0 Å². The van der Waals surface area contributed by atoms with Gasteiger partial charge in [-0.15, -0.1) is 0 Å². The van der Waals surface area contributed by atoms with Gasteiger partial charge in [0, 0.05) is 22.9 Å². The minimum absolute atomic E-state index is 0.0495. The molecular formula is C36H30NO2P. The van der Waals surface area contributed by atoms with Crippen LogP contribution in [0, 0.1) is 0 Å². The third kappa shape index (κ3) is 4.29. The molecule has 6 aromatic carbocycles. The van der Waals surface area contributed by atoms with Gasteiger partial charge in [-0.3, -0.25) is 0 Å². The van der Waals surface area contributed by atoms with Crippen molar-refractivity contribution in [1.29, 1.82) is 0 Å². The molecule has 0 saturated carbocycles. The van der Waals surface area contributed by atoms with Crippen molar-refractivity contribution >= 4 is 51.6 Å². The predicted octanol–water partition coefficient (Wildman–Crippen LogP) is 11.1. The molecule has 0 radical (unpaired) electrons. The van der Waals surface area contributed by atoms with Gasteiger partial charge in [0.1, 0.15) is 11.2 Å². The van der Waals surface area contributed by atoms with E-state index in [2.05, 4.69) is 152 Å². The molecule has 0 saturated heterocycles. The first-order valence-electron chi connectivity index (χ1n) is 13.8. The molecule has 0 fully saturated rings. The highest BCUT2D eigenvalue weighted by atomic mass is 31.1. The first-order valence-corrected chi connectivity index (χ1v) is 14.9. The Kier molecular flexibility index (Phi) is 6.40. The largest absolute Gasteiger partial charge is 0.408 e. The smallest absolute Gasteiger partial charge is 0.310 e. The lowest BCUT2D eigenvalue weighted by atomic mass is 9.99. The van der Waals surface area contributed by atoms with Crippen LogP contribution in [0.4, 0.5) is 0 Å². The van der Waals surface area contributed by atoms with Gasteiger partial charge in [0.2, 0.25) is 0 Å². The van der Waals surface area contributed by atoms with Gasteiger partial charge in [-0.05, 0) is 58.7 Å². The zero-order valence-corrected chi connectivity index (χ0v) is 23.5. The summed E-state index contributed by atoms with van der Waals surface area (Å²) in [5.74, 6) is 0. The molecule has 0 aliphatic heterocycles. The summed E-state index contributed by atoms with van der Waals surface area (Å²) in [7, 11) is -1.54. The Labute approximate surface area is 234 Å². The number of hydrogen-bond acceptors (Lipinski definition) is 3. The zero-order chi connectivity index (χ0) is 27.1. The van der Waals surface area contributed by atoms with Crippen LogP contribution in [0.15, 0.2) is 142 Å². The van der Waals surface area contributed by atoms with Crippen molar-refractivity contribution in [2.75, 3.05) is 4.67 Å². The average Bonchev–Trinajstić information content (AvgIpc) is 3.19. The molecule has 40 heavy (non-hydrogen) atoms. The number of hydrogen-bond donors (Lipinski definition) is 0. The number of nitrogens with zero attached hydrogens (tertiary/aromatic N) is 1. The highest BCUT2D eigenvalue weighted by Crippen LogP contribution is 2.47. The van der Waals surface area contributed by atoms with Gasteiger partial charge >= 0.3 is 8.16 Å². The molecule has 4 heteroatoms. The summed E-state index contributed by atoms with van der Waals surface area (Å²) in [6, 6.07) is 47.0. The topological polar surface area (TPSA) is 29.5 Å². The van der Waals surface area contributed by atoms with Crippen molar-refractivity contribution in [2.24, 2.45) is 0 Å². The van der Waals surface area contributed by atoms with Crippen molar-refractivity contribution in [2.45, 2.75) is 25.9 Å². The van der Waals surface area contributed by atoms with E-state index in [1.165, 1.54) is 21.9 Å². The first-order chi connectivity index (χ1) is 19.7. The van der Waals surface area contributed by atoms with Crippen molar-refractivity contribution in [3.05, 3.63) is 145 Å². The molecule has 0 N–H and O–H groups in total. The van der Waals surface area contributed by atoms with Crippen molar-refractivity contribution in [3.8, 4) is 0 Å². The lowest BCUT2D eigenvalue weighted by Crippen LogP contribution is -2.27. The van der Waals surface area contributed by atoms with E-state index >= 15 is 0 Å². The van der Waals surface area contributed by atoms with Crippen molar-refractivity contribution in [3.63, 3.8) is 0 Å². The second kappa shape index (κ2) is 10.4. The van der Waals surface area contributed by atoms with E-state index in [4.69, 9.17) is 8.39 Å². The standard InChI is InChI=1S/C36H30NO2P/c1-25(27-13-5-3-6-14-27)37(26(2)28-15-7-4-8-16-28)40-38-33-23-21-29-17-9-11-19-31(29)35(33)36-32-20-12-10-18-30(32)22-24-34(36)39-40/h3-26H,1-2H3/t25-,26?/m0/s1. The molecule has 3 nitrogen and oxygen atoms in total. The van der Waals surface area contributed by atoms with Crippen molar-refractivity contribution in [1.82, 2.24) is 0 Å². The van der Waals surface area contributed by atoms with Crippen LogP contribution in [0.5, 0.6) is 0 Å². The second-order valence-electron chi connectivity index (χ2n) is 10.3. The normalized spacial score (nSPS) is 13.3. The van der Waals surface area contributed by atoms with Gasteiger partial charge in [0.05, 0.1) is 0 Å². The molecule has 1 heterocycles. The highest BCUT2D eigenvalue weighted by Gasteiger charge is 2.29. The van der Waals surface area contributed by atoms with E-state index in [9.17, 15) is 0 Å². The summed E-state index contributed by atoms with van der Waals surface area (Å²) in [5, 5.41) is 6.88. The zero-order valence-electron chi connectivity index (χ0n) is 22.6. The molecule has 0 amide bonds. The van der Waals surface area contributed by atoms with Crippen LogP contribution in [-0.4, -0.2) is 0 Å². The summed E-state index contributed by atoms with van der Waals surface area (Å²) in [6.45, 7) is 4.49. The number of fused-ring (bicyclic) bond motifs is 7. The maximum Gasteiger partial charge on any atom is 0.310 e. The summed E-state index contributed by atoms with van der Waals surface area (Å²) in [6.07, 6.45) is 0. The lowest BCUT2D eigenvalue weighted by Gasteiger charge is -2.31. The van der Waals surface area contributed by atoms with Crippen LogP contribution in [0.3, 0.4) is 0 Å². The van der Waals surface area contributed by atoms with Gasteiger partial charge in [-0.1, -0.05) is 121 Å². The molecular weight excluding hydrogens is 509 g/mol. The molecule has 196 valence electrons. The predicted molar refractivity (Wildman–Crippen MR) is 169 cm³/mol. The fourth-order valence-corrected chi connectivity index (χ4v) is 7.54. The lowest BCUT2D eigenvalue weighted by molar-refractivity contribution is 0.558. The molecule has 0 spiro atoms. The van der Waals surface area contributed by atoms with E-state index < -0.39 is 8.16 Å². The van der Waals surface area contributed by atoms with Crippen LogP contribution in [0.25, 0.3) is 43.5 Å². The minimum atomic E-state index is -1.54. The SMILES string of the molecule is CC(c1ccccc1)N([C@@H](C)c1ccccc1)p1oc2ccc3ccccc3c2c2c(ccc3ccccc32)o1. The minimum Gasteiger partial charge on any atom is -0.408 e. The van der Waals surface area contributed by atoms with Gasteiger partial charge in [-0.2, -0.15) is 4.67 Å². The fourth-order valence-electron chi connectivity index (χ4n) is 5.84. The monoisotopic (exact) mass is 539 g/mol. The molecule has 0 aliphatic rings. The quantitative estimate of drug-likeness (QED) is 0.218. The van der Waals surface area contributed by atoms with Crippen LogP contribution >= 0.6 is 8.16 Å². The van der Waals surface area contributed by atoms with E-state index in [0.29, 0.717) is 0 Å². The molecule has 0 aliphatic carbocycles. The Bertz CT molecular complexity index is 1860. The molecule has 0 bridgehead atoms. The van der Waals surface area contributed by atoms with Gasteiger partial charge in [0.25, 0.3) is 0 Å². The summed E-state index contributed by atoms with van der Waals surface area (Å²) in [4.78, 5) is 0. The third-order valence-electron chi connectivity index (χ3n) is 7.93. The highest BCUT2D eigenvalue weighted by molar-refractivity contribution is 7.39. The van der Waals surface area contributed by atoms with E-state index in [-0.39, 0.29) is 12.1 Å². The molecule has 7 aromatic rings. The Morgan fingerprint density at radius 3 is 1.32 bits per heavy atom.